The zero-order valence-electron chi connectivity index (χ0n) is 12.5. The molecule has 0 bridgehead atoms. The Morgan fingerprint density at radius 3 is 2.25 bits per heavy atom. The van der Waals surface area contributed by atoms with Crippen LogP contribution in [-0.4, -0.2) is 0 Å². The van der Waals surface area contributed by atoms with E-state index in [2.05, 4.69) is 69.3 Å². The monoisotopic (exact) mass is 285 g/mol. The molecule has 0 aliphatic carbocycles. The van der Waals surface area contributed by atoms with Crippen molar-refractivity contribution in [2.24, 2.45) is 5.73 Å². The van der Waals surface area contributed by atoms with Crippen molar-refractivity contribution in [3.8, 4) is 0 Å². The zero-order chi connectivity index (χ0) is 14.5. The highest BCUT2D eigenvalue weighted by atomic mass is 32.2. The van der Waals surface area contributed by atoms with Gasteiger partial charge in [0.1, 0.15) is 0 Å². The third-order valence-electron chi connectivity index (χ3n) is 3.53. The topological polar surface area (TPSA) is 26.0 Å². The maximum Gasteiger partial charge on any atom is 0.0303 e. The van der Waals surface area contributed by atoms with Crippen LogP contribution in [0.25, 0.3) is 0 Å². The Balaban J connectivity index is 2.21. The first-order chi connectivity index (χ1) is 9.61. The largest absolute Gasteiger partial charge is 0.324 e. The first-order valence-electron chi connectivity index (χ1n) is 7.24. The molecule has 0 aromatic heterocycles. The van der Waals surface area contributed by atoms with Crippen molar-refractivity contribution >= 4 is 11.8 Å². The molecule has 0 unspecified atom stereocenters. The maximum absolute atomic E-state index is 6.20. The lowest BCUT2D eigenvalue weighted by Gasteiger charge is -2.14. The Hall–Kier alpha value is -1.25. The highest BCUT2D eigenvalue weighted by Crippen LogP contribution is 2.34. The van der Waals surface area contributed by atoms with E-state index in [0.29, 0.717) is 5.92 Å². The van der Waals surface area contributed by atoms with Crippen molar-refractivity contribution in [1.82, 2.24) is 0 Å². The van der Waals surface area contributed by atoms with Crippen LogP contribution in [0.15, 0.2) is 58.3 Å². The van der Waals surface area contributed by atoms with Crippen LogP contribution in [0.5, 0.6) is 0 Å². The van der Waals surface area contributed by atoms with Crippen molar-refractivity contribution < 1.29 is 0 Å². The summed E-state index contributed by atoms with van der Waals surface area (Å²) >= 11 is 1.80. The molecule has 1 atom stereocenters. The van der Waals surface area contributed by atoms with Crippen LogP contribution in [0.4, 0.5) is 0 Å². The van der Waals surface area contributed by atoms with Gasteiger partial charge in [-0.3, -0.25) is 0 Å². The number of nitrogens with two attached hydrogens (primary N) is 1. The summed E-state index contributed by atoms with van der Waals surface area (Å²) in [4.78, 5) is 2.53. The summed E-state index contributed by atoms with van der Waals surface area (Å²) in [6.07, 6.45) is 0.962. The van der Waals surface area contributed by atoms with E-state index >= 15 is 0 Å². The summed E-state index contributed by atoms with van der Waals surface area (Å²) in [5.74, 6) is 0.579. The molecule has 0 aliphatic heterocycles. The maximum atomic E-state index is 6.20. The summed E-state index contributed by atoms with van der Waals surface area (Å²) in [5, 5.41) is 0. The summed E-state index contributed by atoms with van der Waals surface area (Å²) in [7, 11) is 0. The predicted molar refractivity (Wildman–Crippen MR) is 88.3 cm³/mol. The standard InChI is InChI=1S/C18H23NS/c1-4-17(19)16-7-5-6-8-18(16)20-15-11-9-14(10-12-15)13(2)3/h5-13,17H,4,19H2,1-3H3/t17-/m0/s1. The van der Waals surface area contributed by atoms with E-state index < -0.39 is 0 Å². The molecule has 2 aromatic carbocycles. The molecule has 0 spiro atoms. The smallest absolute Gasteiger partial charge is 0.0303 e. The molecular formula is C18H23NS. The first-order valence-corrected chi connectivity index (χ1v) is 8.05. The molecule has 0 heterocycles. The van der Waals surface area contributed by atoms with Crippen molar-refractivity contribution in [2.75, 3.05) is 0 Å². The van der Waals surface area contributed by atoms with Crippen molar-refractivity contribution in [3.63, 3.8) is 0 Å². The SMILES string of the molecule is CC[C@H](N)c1ccccc1Sc1ccc(C(C)C)cc1. The van der Waals surface area contributed by atoms with Gasteiger partial charge in [0.2, 0.25) is 0 Å². The molecule has 0 saturated carbocycles. The fraction of sp³-hybridized carbons (Fsp3) is 0.333. The van der Waals surface area contributed by atoms with E-state index in [-0.39, 0.29) is 6.04 Å². The molecule has 20 heavy (non-hydrogen) atoms. The number of hydrogen-bond donors (Lipinski definition) is 1. The highest BCUT2D eigenvalue weighted by molar-refractivity contribution is 7.99. The lowest BCUT2D eigenvalue weighted by Crippen LogP contribution is -2.09. The normalized spacial score (nSPS) is 12.7. The lowest BCUT2D eigenvalue weighted by molar-refractivity contribution is 0.685. The van der Waals surface area contributed by atoms with Gasteiger partial charge in [0.25, 0.3) is 0 Å². The van der Waals surface area contributed by atoms with Gasteiger partial charge in [-0.2, -0.15) is 0 Å². The fourth-order valence-electron chi connectivity index (χ4n) is 2.15. The number of benzene rings is 2. The minimum Gasteiger partial charge on any atom is -0.324 e. The van der Waals surface area contributed by atoms with Crippen molar-refractivity contribution in [3.05, 3.63) is 59.7 Å². The van der Waals surface area contributed by atoms with Gasteiger partial charge in [-0.25, -0.2) is 0 Å². The second-order valence-electron chi connectivity index (χ2n) is 5.38. The van der Waals surface area contributed by atoms with Crippen molar-refractivity contribution in [2.45, 2.75) is 48.9 Å². The van der Waals surface area contributed by atoms with Crippen LogP contribution in [0.2, 0.25) is 0 Å². The minimum absolute atomic E-state index is 0.119. The van der Waals surface area contributed by atoms with Gasteiger partial charge in [-0.1, -0.05) is 62.9 Å². The second-order valence-corrected chi connectivity index (χ2v) is 6.49. The molecule has 106 valence electrons. The van der Waals surface area contributed by atoms with E-state index in [9.17, 15) is 0 Å². The Labute approximate surface area is 126 Å². The van der Waals surface area contributed by atoms with Crippen LogP contribution >= 0.6 is 11.8 Å². The molecule has 2 rings (SSSR count). The van der Waals surface area contributed by atoms with Gasteiger partial charge in [0, 0.05) is 15.8 Å². The molecule has 1 nitrogen and oxygen atoms in total. The van der Waals surface area contributed by atoms with E-state index in [4.69, 9.17) is 5.73 Å². The Bertz CT molecular complexity index is 546. The van der Waals surface area contributed by atoms with Gasteiger partial charge in [-0.05, 0) is 41.7 Å². The quantitative estimate of drug-likeness (QED) is 0.799. The molecule has 2 heteroatoms. The second kappa shape index (κ2) is 6.96. The van der Waals surface area contributed by atoms with Gasteiger partial charge in [0.05, 0.1) is 0 Å². The molecular weight excluding hydrogens is 262 g/mol. The van der Waals surface area contributed by atoms with Crippen LogP contribution in [0.1, 0.15) is 50.3 Å². The molecule has 0 amide bonds. The Kier molecular flexibility index (Phi) is 5.27. The summed E-state index contributed by atoms with van der Waals surface area (Å²) in [6.45, 7) is 6.57. The summed E-state index contributed by atoms with van der Waals surface area (Å²) in [5.41, 5.74) is 8.83. The third-order valence-corrected chi connectivity index (χ3v) is 4.63. The van der Waals surface area contributed by atoms with E-state index in [1.54, 1.807) is 11.8 Å². The number of hydrogen-bond acceptors (Lipinski definition) is 2. The average molecular weight is 285 g/mol. The molecule has 2 aromatic rings. The third kappa shape index (κ3) is 3.65. The summed E-state index contributed by atoms with van der Waals surface area (Å²) in [6, 6.07) is 17.4. The highest BCUT2D eigenvalue weighted by Gasteiger charge is 2.10. The van der Waals surface area contributed by atoms with Gasteiger partial charge < -0.3 is 5.73 Å². The zero-order valence-corrected chi connectivity index (χ0v) is 13.3. The van der Waals surface area contributed by atoms with Crippen LogP contribution in [-0.2, 0) is 0 Å². The Morgan fingerprint density at radius 2 is 1.65 bits per heavy atom. The van der Waals surface area contributed by atoms with Crippen molar-refractivity contribution in [1.29, 1.82) is 0 Å². The van der Waals surface area contributed by atoms with Gasteiger partial charge in [0.15, 0.2) is 0 Å². The van der Waals surface area contributed by atoms with Crippen LogP contribution < -0.4 is 5.73 Å². The minimum atomic E-state index is 0.119. The van der Waals surface area contributed by atoms with Crippen LogP contribution in [0, 0.1) is 0 Å². The van der Waals surface area contributed by atoms with E-state index in [1.807, 2.05) is 0 Å². The van der Waals surface area contributed by atoms with Gasteiger partial charge >= 0.3 is 0 Å². The number of rotatable bonds is 5. The molecule has 0 radical (unpaired) electrons. The molecule has 2 N–H and O–H groups in total. The molecule has 0 saturated heterocycles. The van der Waals surface area contributed by atoms with Gasteiger partial charge in [-0.15, -0.1) is 0 Å². The van der Waals surface area contributed by atoms with Crippen LogP contribution in [0.3, 0.4) is 0 Å². The molecule has 0 fully saturated rings. The average Bonchev–Trinajstić information content (AvgIpc) is 2.47. The lowest BCUT2D eigenvalue weighted by atomic mass is 10.0. The first kappa shape index (κ1) is 15.1. The fourth-order valence-corrected chi connectivity index (χ4v) is 3.16. The predicted octanol–water partition coefficient (Wildman–Crippen LogP) is 5.37. The Morgan fingerprint density at radius 1 is 1.00 bits per heavy atom. The van der Waals surface area contributed by atoms with E-state index in [1.165, 1.54) is 20.9 Å². The summed E-state index contributed by atoms with van der Waals surface area (Å²) < 4.78 is 0. The molecule has 0 aliphatic rings. The van der Waals surface area contributed by atoms with E-state index in [0.717, 1.165) is 6.42 Å².